The van der Waals surface area contributed by atoms with E-state index in [4.69, 9.17) is 0 Å². The van der Waals surface area contributed by atoms with E-state index >= 15 is 0 Å². The Hall–Kier alpha value is -2.96. The van der Waals surface area contributed by atoms with Crippen LogP contribution in [0.1, 0.15) is 48.0 Å². The van der Waals surface area contributed by atoms with E-state index in [0.717, 1.165) is 29.5 Å². The van der Waals surface area contributed by atoms with Crippen LogP contribution >= 0.6 is 0 Å². The number of carbonyl (C=O) groups is 2. The first-order valence-corrected chi connectivity index (χ1v) is 11.0. The molecule has 31 heavy (non-hydrogen) atoms. The minimum atomic E-state index is -1.19. The van der Waals surface area contributed by atoms with Gasteiger partial charge in [0.1, 0.15) is 0 Å². The van der Waals surface area contributed by atoms with E-state index < -0.39 is 18.1 Å². The van der Waals surface area contributed by atoms with Gasteiger partial charge in [-0.15, -0.1) is 0 Å². The Bertz CT molecular complexity index is 944. The molecule has 2 aromatic carbocycles. The molecule has 0 aliphatic carbocycles. The minimum absolute atomic E-state index is 0.00226. The fraction of sp³-hybridized carbons (Fsp3) is 0.360. The first kappa shape index (κ1) is 21.3. The Labute approximate surface area is 183 Å². The molecule has 0 radical (unpaired) electrons. The van der Waals surface area contributed by atoms with Gasteiger partial charge in [0.2, 0.25) is 5.91 Å². The SMILES string of the molecule is O=C1NCC[C@@H]2c3ccccc3C=CC(=O)N2CCCCN[C@H](c2ccccc2)[C@H]1O. The molecule has 2 heterocycles. The molecule has 1 saturated heterocycles. The highest BCUT2D eigenvalue weighted by molar-refractivity contribution is 5.93. The fourth-order valence-corrected chi connectivity index (χ4v) is 4.45. The number of hydrogen-bond donors (Lipinski definition) is 3. The van der Waals surface area contributed by atoms with Gasteiger partial charge in [-0.05, 0) is 48.6 Å². The Morgan fingerprint density at radius 3 is 2.52 bits per heavy atom. The zero-order valence-corrected chi connectivity index (χ0v) is 17.5. The molecular weight excluding hydrogens is 390 g/mol. The number of rotatable bonds is 1. The number of aliphatic hydroxyl groups excluding tert-OH is 1. The Morgan fingerprint density at radius 2 is 1.68 bits per heavy atom. The summed E-state index contributed by atoms with van der Waals surface area (Å²) < 4.78 is 0. The lowest BCUT2D eigenvalue weighted by Crippen LogP contribution is -2.44. The second kappa shape index (κ2) is 9.90. The van der Waals surface area contributed by atoms with Crippen molar-refractivity contribution in [2.45, 2.75) is 37.5 Å². The maximum absolute atomic E-state index is 12.9. The first-order valence-electron chi connectivity index (χ1n) is 11.0. The maximum atomic E-state index is 12.9. The summed E-state index contributed by atoms with van der Waals surface area (Å²) in [5.74, 6) is -0.406. The highest BCUT2D eigenvalue weighted by Gasteiger charge is 2.30. The largest absolute Gasteiger partial charge is 0.381 e. The molecule has 2 amide bonds. The van der Waals surface area contributed by atoms with E-state index in [1.54, 1.807) is 6.08 Å². The van der Waals surface area contributed by atoms with Crippen LogP contribution in [0.25, 0.3) is 6.08 Å². The lowest BCUT2D eigenvalue weighted by Gasteiger charge is -2.31. The van der Waals surface area contributed by atoms with Crippen molar-refractivity contribution in [3.63, 3.8) is 0 Å². The fourth-order valence-electron chi connectivity index (χ4n) is 4.45. The molecule has 0 bridgehead atoms. The lowest BCUT2D eigenvalue weighted by molar-refractivity contribution is -0.131. The van der Waals surface area contributed by atoms with E-state index in [0.29, 0.717) is 26.1 Å². The monoisotopic (exact) mass is 419 g/mol. The van der Waals surface area contributed by atoms with Gasteiger partial charge >= 0.3 is 0 Å². The number of hydrogen-bond acceptors (Lipinski definition) is 4. The highest BCUT2D eigenvalue weighted by Crippen LogP contribution is 2.31. The smallest absolute Gasteiger partial charge is 0.250 e. The average Bonchev–Trinajstić information content (AvgIpc) is 2.92. The molecule has 0 unspecified atom stereocenters. The van der Waals surface area contributed by atoms with E-state index in [-0.39, 0.29) is 11.9 Å². The van der Waals surface area contributed by atoms with Crippen LogP contribution in [-0.2, 0) is 9.59 Å². The summed E-state index contributed by atoms with van der Waals surface area (Å²) in [6.45, 7) is 1.67. The Balaban J connectivity index is 1.57. The van der Waals surface area contributed by atoms with E-state index in [9.17, 15) is 14.7 Å². The van der Waals surface area contributed by atoms with Crippen molar-refractivity contribution in [3.05, 3.63) is 77.4 Å². The zero-order valence-electron chi connectivity index (χ0n) is 17.5. The number of nitrogens with one attached hydrogen (secondary N) is 2. The van der Waals surface area contributed by atoms with Crippen molar-refractivity contribution in [1.29, 1.82) is 0 Å². The summed E-state index contributed by atoms with van der Waals surface area (Å²) in [5, 5.41) is 17.0. The van der Waals surface area contributed by atoms with Gasteiger partial charge in [-0.3, -0.25) is 9.59 Å². The normalized spacial score (nSPS) is 25.2. The van der Waals surface area contributed by atoms with Gasteiger partial charge in [0.15, 0.2) is 6.10 Å². The quantitative estimate of drug-likeness (QED) is 0.664. The van der Waals surface area contributed by atoms with Crippen molar-refractivity contribution in [2.75, 3.05) is 19.6 Å². The van der Waals surface area contributed by atoms with Gasteiger partial charge in [-0.2, -0.15) is 0 Å². The van der Waals surface area contributed by atoms with Crippen molar-refractivity contribution in [3.8, 4) is 0 Å². The Kier molecular flexibility index (Phi) is 6.79. The van der Waals surface area contributed by atoms with Crippen LogP contribution in [0, 0.1) is 0 Å². The van der Waals surface area contributed by atoms with E-state index in [2.05, 4.69) is 16.7 Å². The van der Waals surface area contributed by atoms with Crippen LogP contribution in [0.5, 0.6) is 0 Å². The Morgan fingerprint density at radius 1 is 0.903 bits per heavy atom. The molecule has 1 fully saturated rings. The molecule has 0 spiro atoms. The third-order valence-corrected chi connectivity index (χ3v) is 6.07. The van der Waals surface area contributed by atoms with Crippen LogP contribution < -0.4 is 10.6 Å². The van der Waals surface area contributed by atoms with Gasteiger partial charge < -0.3 is 20.6 Å². The minimum Gasteiger partial charge on any atom is -0.381 e. The number of fused-ring (bicyclic) bond motifs is 3. The second-order valence-electron chi connectivity index (χ2n) is 8.08. The van der Waals surface area contributed by atoms with Crippen LogP contribution in [0.15, 0.2) is 60.7 Å². The van der Waals surface area contributed by atoms with Crippen LogP contribution in [0.4, 0.5) is 0 Å². The van der Waals surface area contributed by atoms with Gasteiger partial charge in [-0.1, -0.05) is 54.6 Å². The second-order valence-corrected chi connectivity index (χ2v) is 8.08. The molecule has 6 heteroatoms. The standard InChI is InChI=1S/C25H29N3O3/c29-22-13-12-18-8-4-5-11-20(18)21-14-16-27-25(31)24(30)23(19-9-2-1-3-10-19)26-15-6-7-17-28(21)22/h1-5,8-13,21,23-24,26,30H,6-7,14-17H2,(H,27,31)/t21-,23-,24-/m1/s1. The zero-order chi connectivity index (χ0) is 21.6. The molecule has 2 aliphatic heterocycles. The average molecular weight is 420 g/mol. The summed E-state index contributed by atoms with van der Waals surface area (Å²) in [6, 6.07) is 17.0. The van der Waals surface area contributed by atoms with Crippen LogP contribution in [0.2, 0.25) is 0 Å². The molecule has 162 valence electrons. The number of aliphatic hydroxyl groups is 1. The van der Waals surface area contributed by atoms with Crippen molar-refractivity contribution in [1.82, 2.24) is 15.5 Å². The number of carbonyl (C=O) groups excluding carboxylic acids is 2. The first-order chi connectivity index (χ1) is 15.1. The van der Waals surface area contributed by atoms with Crippen LogP contribution in [0.3, 0.4) is 0 Å². The van der Waals surface area contributed by atoms with E-state index in [1.165, 1.54) is 0 Å². The number of benzene rings is 2. The summed E-state index contributed by atoms with van der Waals surface area (Å²) in [7, 11) is 0. The topological polar surface area (TPSA) is 81.7 Å². The molecule has 4 rings (SSSR count). The van der Waals surface area contributed by atoms with Gasteiger partial charge in [0.05, 0.1) is 12.1 Å². The summed E-state index contributed by atoms with van der Waals surface area (Å²) >= 11 is 0. The molecule has 3 atom stereocenters. The third kappa shape index (κ3) is 4.86. The third-order valence-electron chi connectivity index (χ3n) is 6.07. The molecule has 0 saturated carbocycles. The van der Waals surface area contributed by atoms with Crippen molar-refractivity contribution in [2.24, 2.45) is 0 Å². The lowest BCUT2D eigenvalue weighted by atomic mass is 9.97. The molecule has 3 N–H and O–H groups in total. The maximum Gasteiger partial charge on any atom is 0.250 e. The van der Waals surface area contributed by atoms with Gasteiger partial charge in [0, 0.05) is 19.2 Å². The summed E-state index contributed by atoms with van der Waals surface area (Å²) in [6.07, 6.45) is 4.59. The number of nitrogens with zero attached hydrogens (tertiary/aromatic N) is 1. The van der Waals surface area contributed by atoms with Crippen LogP contribution in [-0.4, -0.2) is 47.6 Å². The highest BCUT2D eigenvalue weighted by atomic mass is 16.3. The molecule has 0 aromatic heterocycles. The summed E-state index contributed by atoms with van der Waals surface area (Å²) in [5.41, 5.74) is 3.00. The summed E-state index contributed by atoms with van der Waals surface area (Å²) in [4.78, 5) is 27.5. The number of amides is 2. The van der Waals surface area contributed by atoms with Crippen molar-refractivity contribution < 1.29 is 14.7 Å². The molecule has 2 aromatic rings. The molecule has 6 nitrogen and oxygen atoms in total. The predicted molar refractivity (Wildman–Crippen MR) is 120 cm³/mol. The van der Waals surface area contributed by atoms with Gasteiger partial charge in [0.25, 0.3) is 5.91 Å². The predicted octanol–water partition coefficient (Wildman–Crippen LogP) is 2.58. The van der Waals surface area contributed by atoms with Gasteiger partial charge in [-0.25, -0.2) is 0 Å². The molecule has 2 aliphatic rings. The molecular formula is C25H29N3O3. The van der Waals surface area contributed by atoms with Crippen molar-refractivity contribution >= 4 is 17.9 Å². The van der Waals surface area contributed by atoms with E-state index in [1.807, 2.05) is 59.5 Å².